The van der Waals surface area contributed by atoms with Gasteiger partial charge in [-0.25, -0.2) is 0 Å². The number of halogens is 1. The summed E-state index contributed by atoms with van der Waals surface area (Å²) in [5, 5.41) is 23.5. The van der Waals surface area contributed by atoms with Crippen molar-refractivity contribution in [1.29, 1.82) is 0 Å². The topological polar surface area (TPSA) is 92.5 Å². The zero-order valence-corrected chi connectivity index (χ0v) is 12.5. The lowest BCUT2D eigenvalue weighted by molar-refractivity contribution is -0.384. The summed E-state index contributed by atoms with van der Waals surface area (Å²) in [7, 11) is 0. The van der Waals surface area contributed by atoms with E-state index in [-0.39, 0.29) is 16.4 Å². The molecule has 6 nitrogen and oxygen atoms in total. The molecule has 0 fully saturated rings. The smallest absolute Gasteiger partial charge is 0.311 e. The zero-order valence-electron chi connectivity index (χ0n) is 11.7. The molecule has 0 bridgehead atoms. The van der Waals surface area contributed by atoms with Crippen LogP contribution in [-0.2, 0) is 4.79 Å². The van der Waals surface area contributed by atoms with Crippen LogP contribution < -0.4 is 5.32 Å². The summed E-state index contributed by atoms with van der Waals surface area (Å²) in [5.74, 6) is -0.994. The molecule has 0 radical (unpaired) electrons. The van der Waals surface area contributed by atoms with Crippen LogP contribution in [0.15, 0.2) is 18.2 Å². The summed E-state index contributed by atoms with van der Waals surface area (Å²) in [6.45, 7) is 6.48. The predicted octanol–water partition coefficient (Wildman–Crippen LogP) is 3.55. The third-order valence-electron chi connectivity index (χ3n) is 3.70. The van der Waals surface area contributed by atoms with Crippen LogP contribution in [0.25, 0.3) is 0 Å². The first-order chi connectivity index (χ1) is 8.99. The van der Waals surface area contributed by atoms with Crippen LogP contribution in [0, 0.1) is 15.5 Å². The maximum Gasteiger partial charge on any atom is 0.311 e. The number of nitro groups is 1. The Hall–Kier alpha value is -1.82. The molecular weight excluding hydrogens is 284 g/mol. The van der Waals surface area contributed by atoms with Crippen molar-refractivity contribution in [3.8, 4) is 0 Å². The van der Waals surface area contributed by atoms with Crippen molar-refractivity contribution in [2.24, 2.45) is 5.41 Å². The van der Waals surface area contributed by atoms with Crippen molar-refractivity contribution >= 4 is 28.9 Å². The quantitative estimate of drug-likeness (QED) is 0.641. The van der Waals surface area contributed by atoms with Crippen LogP contribution in [0.4, 0.5) is 11.4 Å². The molecule has 0 aliphatic heterocycles. The van der Waals surface area contributed by atoms with E-state index in [0.717, 1.165) is 0 Å². The van der Waals surface area contributed by atoms with Crippen LogP contribution in [0.2, 0.25) is 5.02 Å². The van der Waals surface area contributed by atoms with Gasteiger partial charge in [-0.15, -0.1) is 0 Å². The van der Waals surface area contributed by atoms with Crippen molar-refractivity contribution in [3.63, 3.8) is 0 Å². The summed E-state index contributed by atoms with van der Waals surface area (Å²) >= 11 is 5.75. The highest BCUT2D eigenvalue weighted by atomic mass is 35.5. The van der Waals surface area contributed by atoms with E-state index in [1.165, 1.54) is 18.2 Å². The normalized spacial score (nSPS) is 12.1. The largest absolute Gasteiger partial charge is 0.481 e. The Morgan fingerprint density at radius 1 is 1.35 bits per heavy atom. The highest BCUT2D eigenvalue weighted by molar-refractivity contribution is 6.30. The lowest BCUT2D eigenvalue weighted by Gasteiger charge is -2.39. The Morgan fingerprint density at radius 3 is 2.35 bits per heavy atom. The van der Waals surface area contributed by atoms with E-state index in [1.54, 1.807) is 27.7 Å². The summed E-state index contributed by atoms with van der Waals surface area (Å²) in [5.41, 5.74) is -1.98. The fourth-order valence-corrected chi connectivity index (χ4v) is 1.69. The van der Waals surface area contributed by atoms with E-state index in [2.05, 4.69) is 5.32 Å². The number of nitro benzene ring substituents is 1. The van der Waals surface area contributed by atoms with Gasteiger partial charge in [0.2, 0.25) is 0 Å². The van der Waals surface area contributed by atoms with E-state index in [0.29, 0.717) is 0 Å². The van der Waals surface area contributed by atoms with E-state index in [1.807, 2.05) is 0 Å². The summed E-state index contributed by atoms with van der Waals surface area (Å²) in [6.07, 6.45) is 0. The molecule has 0 spiro atoms. The minimum Gasteiger partial charge on any atom is -0.481 e. The van der Waals surface area contributed by atoms with Crippen LogP contribution in [0.5, 0.6) is 0 Å². The van der Waals surface area contributed by atoms with E-state index in [4.69, 9.17) is 11.6 Å². The summed E-state index contributed by atoms with van der Waals surface area (Å²) < 4.78 is 0. The van der Waals surface area contributed by atoms with Gasteiger partial charge in [-0.05, 0) is 39.8 Å². The van der Waals surface area contributed by atoms with Gasteiger partial charge in [0.25, 0.3) is 5.69 Å². The van der Waals surface area contributed by atoms with Gasteiger partial charge >= 0.3 is 5.97 Å². The maximum absolute atomic E-state index is 11.3. The molecule has 0 amide bonds. The van der Waals surface area contributed by atoms with Gasteiger partial charge in [0, 0.05) is 16.6 Å². The molecule has 2 N–H and O–H groups in total. The molecule has 0 aliphatic carbocycles. The minimum absolute atomic E-state index is 0.188. The van der Waals surface area contributed by atoms with Crippen LogP contribution >= 0.6 is 11.6 Å². The average Bonchev–Trinajstić information content (AvgIpc) is 2.30. The van der Waals surface area contributed by atoms with Gasteiger partial charge in [-0.3, -0.25) is 14.9 Å². The van der Waals surface area contributed by atoms with E-state index in [9.17, 15) is 20.0 Å². The number of nitrogens with zero attached hydrogens (tertiary/aromatic N) is 1. The molecule has 0 saturated heterocycles. The van der Waals surface area contributed by atoms with Crippen molar-refractivity contribution < 1.29 is 14.8 Å². The molecule has 0 saturated carbocycles. The zero-order chi connectivity index (χ0) is 15.7. The Kier molecular flexibility index (Phi) is 4.29. The molecule has 1 aromatic rings. The molecule has 20 heavy (non-hydrogen) atoms. The highest BCUT2D eigenvalue weighted by Crippen LogP contribution is 2.37. The second-order valence-corrected chi connectivity index (χ2v) is 6.04. The van der Waals surface area contributed by atoms with Gasteiger partial charge in [0.1, 0.15) is 5.69 Å². The average molecular weight is 301 g/mol. The number of nitrogens with one attached hydrogen (secondary N) is 1. The van der Waals surface area contributed by atoms with Gasteiger partial charge in [0.05, 0.1) is 10.3 Å². The first kappa shape index (κ1) is 16.2. The lowest BCUT2D eigenvalue weighted by Crippen LogP contribution is -2.50. The molecule has 1 rings (SSSR count). The SMILES string of the molecule is CC(C)(Nc1ccc(Cl)cc1[N+](=O)[O-])C(C)(C)C(=O)O. The van der Waals surface area contributed by atoms with E-state index < -0.39 is 21.8 Å². The second kappa shape index (κ2) is 5.28. The number of benzene rings is 1. The van der Waals surface area contributed by atoms with Crippen molar-refractivity contribution in [2.75, 3.05) is 5.32 Å². The summed E-state index contributed by atoms with van der Waals surface area (Å²) in [6, 6.07) is 4.22. The van der Waals surface area contributed by atoms with Gasteiger partial charge in [-0.1, -0.05) is 11.6 Å². The molecule has 0 atom stereocenters. The third-order valence-corrected chi connectivity index (χ3v) is 3.94. The molecule has 0 aliphatic rings. The third kappa shape index (κ3) is 3.01. The first-order valence-corrected chi connectivity index (χ1v) is 6.32. The summed E-state index contributed by atoms with van der Waals surface area (Å²) in [4.78, 5) is 21.8. The number of carbonyl (C=O) groups is 1. The number of carboxylic acids is 1. The molecule has 110 valence electrons. The Balaban J connectivity index is 3.22. The molecule has 7 heteroatoms. The highest BCUT2D eigenvalue weighted by Gasteiger charge is 2.44. The number of hydrogen-bond donors (Lipinski definition) is 2. The fraction of sp³-hybridized carbons (Fsp3) is 0.462. The molecule has 1 aromatic carbocycles. The van der Waals surface area contributed by atoms with Crippen molar-refractivity contribution in [2.45, 2.75) is 33.2 Å². The van der Waals surface area contributed by atoms with Gasteiger partial charge in [-0.2, -0.15) is 0 Å². The first-order valence-electron chi connectivity index (χ1n) is 5.94. The Morgan fingerprint density at radius 2 is 1.90 bits per heavy atom. The lowest BCUT2D eigenvalue weighted by atomic mass is 9.74. The number of carboxylic acid groups (broad SMARTS) is 1. The number of rotatable bonds is 5. The van der Waals surface area contributed by atoms with Crippen molar-refractivity contribution in [1.82, 2.24) is 0 Å². The van der Waals surface area contributed by atoms with E-state index >= 15 is 0 Å². The Bertz CT molecular complexity index is 555. The standard InChI is InChI=1S/C13H17ClN2O4/c1-12(2,11(17)18)13(3,4)15-9-6-5-8(14)7-10(9)16(19)20/h5-7,15H,1-4H3,(H,17,18). The number of aliphatic carboxylic acids is 1. The predicted molar refractivity (Wildman–Crippen MR) is 77.2 cm³/mol. The Labute approximate surface area is 121 Å². The molecule has 0 unspecified atom stereocenters. The second-order valence-electron chi connectivity index (χ2n) is 5.60. The van der Waals surface area contributed by atoms with Crippen LogP contribution in [0.3, 0.4) is 0 Å². The number of hydrogen-bond acceptors (Lipinski definition) is 4. The monoisotopic (exact) mass is 300 g/mol. The minimum atomic E-state index is -1.12. The van der Waals surface area contributed by atoms with Gasteiger partial charge < -0.3 is 10.4 Å². The van der Waals surface area contributed by atoms with Crippen LogP contribution in [-0.4, -0.2) is 21.5 Å². The van der Waals surface area contributed by atoms with Gasteiger partial charge in [0.15, 0.2) is 0 Å². The fourth-order valence-electron chi connectivity index (χ4n) is 1.52. The number of anilines is 1. The molecular formula is C13H17ClN2O4. The van der Waals surface area contributed by atoms with Crippen LogP contribution in [0.1, 0.15) is 27.7 Å². The van der Waals surface area contributed by atoms with Crippen molar-refractivity contribution in [3.05, 3.63) is 33.3 Å². The maximum atomic E-state index is 11.3. The molecule has 0 heterocycles. The molecule has 0 aromatic heterocycles.